The molecular formula is C10H21O6P. The summed E-state index contributed by atoms with van der Waals surface area (Å²) >= 11 is 0. The summed E-state index contributed by atoms with van der Waals surface area (Å²) in [6.45, 7) is 6.47. The van der Waals surface area contributed by atoms with Crippen molar-refractivity contribution in [3.8, 4) is 0 Å². The van der Waals surface area contributed by atoms with Crippen molar-refractivity contribution >= 4 is 13.6 Å². The average Bonchev–Trinajstić information content (AvgIpc) is 2.25. The number of ether oxygens (including phenoxy) is 1. The highest BCUT2D eigenvalue weighted by Crippen LogP contribution is 2.52. The number of carbonyl (C=O) groups is 1. The zero-order chi connectivity index (χ0) is 13.9. The molecule has 0 aliphatic heterocycles. The molecule has 1 N–H and O–H groups in total. The summed E-state index contributed by atoms with van der Waals surface area (Å²) in [5, 5.41) is 9.76. The van der Waals surface area contributed by atoms with E-state index in [2.05, 4.69) is 9.05 Å². The molecule has 17 heavy (non-hydrogen) atoms. The second-order valence-electron chi connectivity index (χ2n) is 4.68. The third kappa shape index (κ3) is 4.39. The van der Waals surface area contributed by atoms with Crippen LogP contribution in [0, 0.1) is 5.41 Å². The number of carbonyl (C=O) groups excluding carboxylic acids is 1. The fraction of sp³-hybridized carbons (Fsp3) is 0.900. The van der Waals surface area contributed by atoms with Gasteiger partial charge in [0.2, 0.25) is 0 Å². The molecule has 0 heterocycles. The van der Waals surface area contributed by atoms with Crippen LogP contribution >= 0.6 is 7.60 Å². The van der Waals surface area contributed by atoms with Crippen LogP contribution in [0.25, 0.3) is 0 Å². The van der Waals surface area contributed by atoms with Crippen LogP contribution in [0.1, 0.15) is 27.7 Å². The topological polar surface area (TPSA) is 82.1 Å². The molecule has 0 aromatic heterocycles. The molecule has 0 radical (unpaired) electrons. The van der Waals surface area contributed by atoms with E-state index in [-0.39, 0.29) is 0 Å². The Kier molecular flexibility index (Phi) is 5.81. The van der Waals surface area contributed by atoms with E-state index in [0.717, 1.165) is 14.2 Å². The smallest absolute Gasteiger partial charge is 0.362 e. The number of esters is 1. The lowest BCUT2D eigenvalue weighted by atomic mass is 9.97. The lowest BCUT2D eigenvalue weighted by molar-refractivity contribution is -0.161. The van der Waals surface area contributed by atoms with Gasteiger partial charge in [0.05, 0.1) is 5.41 Å². The second kappa shape index (κ2) is 5.96. The summed E-state index contributed by atoms with van der Waals surface area (Å²) < 4.78 is 26.1. The van der Waals surface area contributed by atoms with Crippen LogP contribution in [0.3, 0.4) is 0 Å². The molecule has 0 rings (SSSR count). The van der Waals surface area contributed by atoms with Gasteiger partial charge < -0.3 is 18.9 Å². The highest BCUT2D eigenvalue weighted by atomic mass is 31.2. The summed E-state index contributed by atoms with van der Waals surface area (Å²) in [6.07, 6.45) is -0.979. The Bertz CT molecular complexity index is 300. The molecule has 0 bridgehead atoms. The van der Waals surface area contributed by atoms with Crippen molar-refractivity contribution in [2.75, 3.05) is 14.2 Å². The molecule has 6 nitrogen and oxygen atoms in total. The van der Waals surface area contributed by atoms with Crippen LogP contribution in [0.4, 0.5) is 0 Å². The predicted octanol–water partition coefficient (Wildman–Crippen LogP) is 1.77. The molecule has 0 aliphatic rings. The first kappa shape index (κ1) is 16.6. The third-order valence-electron chi connectivity index (χ3n) is 2.16. The number of aliphatic hydroxyl groups excluding tert-OH is 1. The van der Waals surface area contributed by atoms with Gasteiger partial charge in [0.1, 0.15) is 6.10 Å². The minimum absolute atomic E-state index is 0.497. The van der Waals surface area contributed by atoms with Gasteiger partial charge in [0.15, 0.2) is 5.85 Å². The van der Waals surface area contributed by atoms with Crippen molar-refractivity contribution in [1.29, 1.82) is 0 Å². The van der Waals surface area contributed by atoms with Crippen molar-refractivity contribution < 1.29 is 28.3 Å². The molecule has 0 unspecified atom stereocenters. The van der Waals surface area contributed by atoms with Crippen LogP contribution in [-0.2, 0) is 23.1 Å². The zero-order valence-electron chi connectivity index (χ0n) is 11.1. The van der Waals surface area contributed by atoms with E-state index >= 15 is 0 Å². The van der Waals surface area contributed by atoms with Gasteiger partial charge in [-0.05, 0) is 27.7 Å². The van der Waals surface area contributed by atoms with E-state index in [1.807, 2.05) is 0 Å². The maximum Gasteiger partial charge on any atom is 0.362 e. The molecule has 2 atom stereocenters. The van der Waals surface area contributed by atoms with Crippen molar-refractivity contribution in [3.63, 3.8) is 0 Å². The fourth-order valence-corrected chi connectivity index (χ4v) is 2.11. The van der Waals surface area contributed by atoms with E-state index in [1.54, 1.807) is 20.8 Å². The van der Waals surface area contributed by atoms with Gasteiger partial charge in [-0.15, -0.1) is 0 Å². The van der Waals surface area contributed by atoms with Gasteiger partial charge >= 0.3 is 13.6 Å². The highest BCUT2D eigenvalue weighted by molar-refractivity contribution is 7.54. The van der Waals surface area contributed by atoms with Gasteiger partial charge in [-0.3, -0.25) is 9.36 Å². The van der Waals surface area contributed by atoms with Crippen LogP contribution in [0.5, 0.6) is 0 Å². The van der Waals surface area contributed by atoms with Crippen molar-refractivity contribution in [1.82, 2.24) is 0 Å². The maximum absolute atomic E-state index is 11.8. The number of aliphatic hydroxyl groups is 1. The Morgan fingerprint density at radius 1 is 1.24 bits per heavy atom. The van der Waals surface area contributed by atoms with Crippen LogP contribution in [-0.4, -0.2) is 37.2 Å². The molecule has 0 aliphatic carbocycles. The van der Waals surface area contributed by atoms with Crippen molar-refractivity contribution in [2.45, 2.75) is 39.6 Å². The van der Waals surface area contributed by atoms with Gasteiger partial charge in [-0.1, -0.05) is 0 Å². The van der Waals surface area contributed by atoms with Gasteiger partial charge in [0.25, 0.3) is 0 Å². The first-order valence-corrected chi connectivity index (χ1v) is 6.80. The summed E-state index contributed by atoms with van der Waals surface area (Å²) in [5.74, 6) is -2.01. The molecule has 0 amide bonds. The van der Waals surface area contributed by atoms with E-state index in [1.165, 1.54) is 6.92 Å². The molecule has 0 saturated carbocycles. The number of hydrogen-bond donors (Lipinski definition) is 1. The molecule has 0 aromatic rings. The van der Waals surface area contributed by atoms with Gasteiger partial charge in [0, 0.05) is 14.2 Å². The average molecular weight is 268 g/mol. The zero-order valence-corrected chi connectivity index (χ0v) is 12.0. The number of hydrogen-bond acceptors (Lipinski definition) is 6. The summed E-state index contributed by atoms with van der Waals surface area (Å²) in [4.78, 5) is 11.6. The van der Waals surface area contributed by atoms with E-state index in [9.17, 15) is 14.5 Å². The Hall–Kier alpha value is -0.420. The molecule has 0 fully saturated rings. The standard InChI is InChI=1S/C10H21O6P/c1-7(16-9(12)10(2,3)4)8(11)17(13,14-5)15-6/h7-8,11H,1-6H3/t7-,8-/m0/s1. The lowest BCUT2D eigenvalue weighted by Gasteiger charge is -2.27. The monoisotopic (exact) mass is 268 g/mol. The first-order valence-electron chi connectivity index (χ1n) is 5.19. The Morgan fingerprint density at radius 2 is 1.65 bits per heavy atom. The van der Waals surface area contributed by atoms with E-state index < -0.39 is 30.9 Å². The Balaban J connectivity index is 4.68. The van der Waals surface area contributed by atoms with Crippen LogP contribution in [0.15, 0.2) is 0 Å². The number of rotatable bonds is 5. The maximum atomic E-state index is 11.8. The highest BCUT2D eigenvalue weighted by Gasteiger charge is 2.39. The minimum atomic E-state index is -3.66. The van der Waals surface area contributed by atoms with Crippen LogP contribution in [0.2, 0.25) is 0 Å². The molecular weight excluding hydrogens is 247 g/mol. The molecule has 102 valence electrons. The summed E-state index contributed by atoms with van der Waals surface area (Å²) in [7, 11) is -1.34. The summed E-state index contributed by atoms with van der Waals surface area (Å²) in [6, 6.07) is 0. The SMILES string of the molecule is COP(=O)(OC)[C@H](O)[C@H](C)OC(=O)C(C)(C)C. The Morgan fingerprint density at radius 3 is 1.94 bits per heavy atom. The Labute approximate surface area is 102 Å². The fourth-order valence-electron chi connectivity index (χ4n) is 0.954. The molecule has 7 heteroatoms. The van der Waals surface area contributed by atoms with E-state index in [4.69, 9.17) is 4.74 Å². The second-order valence-corrected chi connectivity index (χ2v) is 7.02. The van der Waals surface area contributed by atoms with Crippen molar-refractivity contribution in [2.24, 2.45) is 5.41 Å². The largest absolute Gasteiger partial charge is 0.459 e. The lowest BCUT2D eigenvalue weighted by Crippen LogP contribution is -2.34. The first-order chi connectivity index (χ1) is 7.58. The van der Waals surface area contributed by atoms with E-state index in [0.29, 0.717) is 0 Å². The quantitative estimate of drug-likeness (QED) is 0.604. The molecule has 0 spiro atoms. The third-order valence-corrected chi connectivity index (χ3v) is 4.24. The normalized spacial score (nSPS) is 16.4. The minimum Gasteiger partial charge on any atom is -0.459 e. The van der Waals surface area contributed by atoms with Crippen molar-refractivity contribution in [3.05, 3.63) is 0 Å². The van der Waals surface area contributed by atoms with Gasteiger partial charge in [-0.2, -0.15) is 0 Å². The molecule has 0 aromatic carbocycles. The predicted molar refractivity (Wildman–Crippen MR) is 62.6 cm³/mol. The van der Waals surface area contributed by atoms with Gasteiger partial charge in [-0.25, -0.2) is 0 Å². The molecule has 0 saturated heterocycles. The summed E-state index contributed by atoms with van der Waals surface area (Å²) in [5.41, 5.74) is -0.696. The van der Waals surface area contributed by atoms with Crippen LogP contribution < -0.4 is 0 Å².